The first-order chi connectivity index (χ1) is 11.7. The van der Waals surface area contributed by atoms with Crippen LogP contribution in [0.15, 0.2) is 18.2 Å². The van der Waals surface area contributed by atoms with Gasteiger partial charge in [0.1, 0.15) is 0 Å². The van der Waals surface area contributed by atoms with Crippen LogP contribution in [-0.2, 0) is 16.1 Å². The van der Waals surface area contributed by atoms with Gasteiger partial charge in [-0.2, -0.15) is 11.8 Å². The standard InChI is InChI=1S/C18H27N3O2S.2ClH/c1-14-2-3-15(12-21-5-7-23-8-6-21)10-17(14)20-18(22)11-16-13-24-9-4-19-16;;/h2-3,10,16,19H,4-9,11-13H2,1H3,(H,20,22);2*1H. The van der Waals surface area contributed by atoms with Gasteiger partial charge in [-0.1, -0.05) is 12.1 Å². The molecule has 2 fully saturated rings. The summed E-state index contributed by atoms with van der Waals surface area (Å²) in [6, 6.07) is 6.66. The number of amides is 1. The minimum atomic E-state index is 0. The van der Waals surface area contributed by atoms with Crippen molar-refractivity contribution in [3.05, 3.63) is 29.3 Å². The molecule has 0 saturated carbocycles. The van der Waals surface area contributed by atoms with Crippen LogP contribution >= 0.6 is 36.6 Å². The largest absolute Gasteiger partial charge is 0.379 e. The van der Waals surface area contributed by atoms with Crippen molar-refractivity contribution in [3.8, 4) is 0 Å². The van der Waals surface area contributed by atoms with Crippen LogP contribution in [0.4, 0.5) is 5.69 Å². The molecule has 0 aliphatic carbocycles. The molecule has 2 heterocycles. The highest BCUT2D eigenvalue weighted by Crippen LogP contribution is 2.19. The lowest BCUT2D eigenvalue weighted by Gasteiger charge is -2.27. The average Bonchev–Trinajstić information content (AvgIpc) is 2.60. The van der Waals surface area contributed by atoms with Crippen molar-refractivity contribution in [2.75, 3.05) is 49.7 Å². The van der Waals surface area contributed by atoms with Crippen LogP contribution in [0.3, 0.4) is 0 Å². The molecular weight excluding hydrogens is 393 g/mol. The van der Waals surface area contributed by atoms with Crippen molar-refractivity contribution in [2.24, 2.45) is 0 Å². The number of aryl methyl sites for hydroxylation is 1. The molecule has 5 nitrogen and oxygen atoms in total. The van der Waals surface area contributed by atoms with E-state index >= 15 is 0 Å². The van der Waals surface area contributed by atoms with Gasteiger partial charge in [-0.25, -0.2) is 0 Å². The molecule has 0 bridgehead atoms. The Balaban J connectivity index is 0.00000169. The van der Waals surface area contributed by atoms with Crippen LogP contribution in [0, 0.1) is 6.92 Å². The van der Waals surface area contributed by atoms with E-state index in [0.717, 1.165) is 62.1 Å². The molecule has 148 valence electrons. The zero-order chi connectivity index (χ0) is 16.8. The van der Waals surface area contributed by atoms with E-state index in [-0.39, 0.29) is 30.7 Å². The molecule has 0 spiro atoms. The number of hydrogen-bond donors (Lipinski definition) is 2. The number of anilines is 1. The lowest BCUT2D eigenvalue weighted by Crippen LogP contribution is -2.40. The molecule has 2 N–H and O–H groups in total. The molecule has 2 saturated heterocycles. The Morgan fingerprint density at radius 2 is 2.12 bits per heavy atom. The normalized spacial score (nSPS) is 20.6. The van der Waals surface area contributed by atoms with Crippen molar-refractivity contribution >= 4 is 48.2 Å². The van der Waals surface area contributed by atoms with E-state index in [2.05, 4.69) is 33.7 Å². The maximum absolute atomic E-state index is 12.3. The Morgan fingerprint density at radius 3 is 2.81 bits per heavy atom. The number of carbonyl (C=O) groups is 1. The molecule has 1 atom stereocenters. The molecule has 1 amide bonds. The van der Waals surface area contributed by atoms with Crippen LogP contribution in [0.2, 0.25) is 0 Å². The number of thioether (sulfide) groups is 1. The number of ether oxygens (including phenoxy) is 1. The van der Waals surface area contributed by atoms with E-state index in [1.54, 1.807) is 0 Å². The molecule has 1 aromatic rings. The average molecular weight is 422 g/mol. The Morgan fingerprint density at radius 1 is 1.35 bits per heavy atom. The molecular formula is C18H29Cl2N3O2S. The second-order valence-electron chi connectivity index (χ2n) is 6.52. The Bertz CT molecular complexity index is 565. The topological polar surface area (TPSA) is 53.6 Å². The first-order valence-corrected chi connectivity index (χ1v) is 9.87. The first-order valence-electron chi connectivity index (χ1n) is 8.71. The molecule has 3 rings (SSSR count). The van der Waals surface area contributed by atoms with Crippen molar-refractivity contribution in [1.29, 1.82) is 0 Å². The van der Waals surface area contributed by atoms with Crippen LogP contribution in [-0.4, -0.2) is 61.2 Å². The predicted molar refractivity (Wildman–Crippen MR) is 114 cm³/mol. The zero-order valence-corrected chi connectivity index (χ0v) is 17.6. The maximum atomic E-state index is 12.3. The minimum Gasteiger partial charge on any atom is -0.379 e. The zero-order valence-electron chi connectivity index (χ0n) is 15.2. The monoisotopic (exact) mass is 421 g/mol. The fourth-order valence-electron chi connectivity index (χ4n) is 3.10. The van der Waals surface area contributed by atoms with Gasteiger partial charge >= 0.3 is 0 Å². The second-order valence-corrected chi connectivity index (χ2v) is 7.67. The van der Waals surface area contributed by atoms with Crippen molar-refractivity contribution in [1.82, 2.24) is 10.2 Å². The van der Waals surface area contributed by atoms with Gasteiger partial charge in [0.25, 0.3) is 0 Å². The Kier molecular flexibility index (Phi) is 10.9. The van der Waals surface area contributed by atoms with Gasteiger partial charge in [-0.15, -0.1) is 24.8 Å². The van der Waals surface area contributed by atoms with Crippen molar-refractivity contribution < 1.29 is 9.53 Å². The molecule has 0 aromatic heterocycles. The summed E-state index contributed by atoms with van der Waals surface area (Å²) in [7, 11) is 0. The van der Waals surface area contributed by atoms with Crippen LogP contribution < -0.4 is 10.6 Å². The molecule has 0 radical (unpaired) electrons. The smallest absolute Gasteiger partial charge is 0.225 e. The summed E-state index contributed by atoms with van der Waals surface area (Å²) in [5.74, 6) is 2.26. The Labute approximate surface area is 172 Å². The van der Waals surface area contributed by atoms with Crippen molar-refractivity contribution in [3.63, 3.8) is 0 Å². The molecule has 2 aliphatic rings. The van der Waals surface area contributed by atoms with Gasteiger partial charge < -0.3 is 15.4 Å². The lowest BCUT2D eigenvalue weighted by atomic mass is 10.1. The fourth-order valence-corrected chi connectivity index (χ4v) is 4.04. The van der Waals surface area contributed by atoms with E-state index < -0.39 is 0 Å². The number of nitrogens with one attached hydrogen (secondary N) is 2. The predicted octanol–water partition coefficient (Wildman–Crippen LogP) is 2.70. The Hall–Kier alpha value is -0.500. The van der Waals surface area contributed by atoms with E-state index in [0.29, 0.717) is 12.5 Å². The van der Waals surface area contributed by atoms with Gasteiger partial charge in [0.15, 0.2) is 0 Å². The molecule has 1 aromatic carbocycles. The van der Waals surface area contributed by atoms with E-state index in [1.807, 2.05) is 18.7 Å². The van der Waals surface area contributed by atoms with Crippen molar-refractivity contribution in [2.45, 2.75) is 25.9 Å². The van der Waals surface area contributed by atoms with Gasteiger partial charge in [-0.05, 0) is 24.1 Å². The fraction of sp³-hybridized carbons (Fsp3) is 0.611. The van der Waals surface area contributed by atoms with E-state index in [4.69, 9.17) is 4.74 Å². The minimum absolute atomic E-state index is 0. The summed E-state index contributed by atoms with van der Waals surface area (Å²) >= 11 is 1.92. The summed E-state index contributed by atoms with van der Waals surface area (Å²) in [4.78, 5) is 14.7. The highest BCUT2D eigenvalue weighted by Gasteiger charge is 2.17. The summed E-state index contributed by atoms with van der Waals surface area (Å²) in [5.41, 5.74) is 3.29. The van der Waals surface area contributed by atoms with Gasteiger partial charge in [-0.3, -0.25) is 9.69 Å². The number of hydrogen-bond acceptors (Lipinski definition) is 5. The SMILES string of the molecule is Cc1ccc(CN2CCOCC2)cc1NC(=O)CC1CSCCN1.Cl.Cl. The summed E-state index contributed by atoms with van der Waals surface area (Å²) in [6.07, 6.45) is 0.542. The molecule has 8 heteroatoms. The third-order valence-corrected chi connectivity index (χ3v) is 5.65. The highest BCUT2D eigenvalue weighted by atomic mass is 35.5. The van der Waals surface area contributed by atoms with E-state index in [9.17, 15) is 4.79 Å². The second kappa shape index (κ2) is 12.1. The molecule has 26 heavy (non-hydrogen) atoms. The first kappa shape index (κ1) is 23.5. The van der Waals surface area contributed by atoms with Gasteiger partial charge in [0.2, 0.25) is 5.91 Å². The summed E-state index contributed by atoms with van der Waals surface area (Å²) in [6.45, 7) is 7.51. The third-order valence-electron chi connectivity index (χ3n) is 4.52. The quantitative estimate of drug-likeness (QED) is 0.765. The third kappa shape index (κ3) is 7.25. The van der Waals surface area contributed by atoms with Gasteiger partial charge in [0.05, 0.1) is 13.2 Å². The highest BCUT2D eigenvalue weighted by molar-refractivity contribution is 7.99. The number of morpholine rings is 1. The number of nitrogens with zero attached hydrogens (tertiary/aromatic N) is 1. The summed E-state index contributed by atoms with van der Waals surface area (Å²) < 4.78 is 5.40. The maximum Gasteiger partial charge on any atom is 0.225 e. The number of carbonyl (C=O) groups excluding carboxylic acids is 1. The molecule has 1 unspecified atom stereocenters. The van der Waals surface area contributed by atoms with Crippen LogP contribution in [0.1, 0.15) is 17.5 Å². The lowest BCUT2D eigenvalue weighted by molar-refractivity contribution is -0.116. The van der Waals surface area contributed by atoms with Crippen LogP contribution in [0.25, 0.3) is 0 Å². The molecule has 2 aliphatic heterocycles. The number of rotatable bonds is 5. The van der Waals surface area contributed by atoms with Gasteiger partial charge in [0, 0.05) is 55.8 Å². The van der Waals surface area contributed by atoms with E-state index in [1.165, 1.54) is 5.56 Å². The summed E-state index contributed by atoms with van der Waals surface area (Å²) in [5, 5.41) is 6.52. The number of halogens is 2. The van der Waals surface area contributed by atoms with Crippen LogP contribution in [0.5, 0.6) is 0 Å². The number of benzene rings is 1.